The van der Waals surface area contributed by atoms with E-state index >= 15 is 0 Å². The molecule has 1 amide bonds. The van der Waals surface area contributed by atoms with E-state index in [0.29, 0.717) is 12.1 Å². The van der Waals surface area contributed by atoms with Crippen molar-refractivity contribution in [2.45, 2.75) is 31.6 Å². The van der Waals surface area contributed by atoms with E-state index in [1.165, 1.54) is 12.1 Å². The van der Waals surface area contributed by atoms with Crippen molar-refractivity contribution in [2.75, 3.05) is 31.6 Å². The van der Waals surface area contributed by atoms with Gasteiger partial charge in [-0.25, -0.2) is 0 Å². The first-order chi connectivity index (χ1) is 13.8. The van der Waals surface area contributed by atoms with E-state index < -0.39 is 11.7 Å². The Labute approximate surface area is 169 Å². The second-order valence-corrected chi connectivity index (χ2v) is 7.51. The van der Waals surface area contributed by atoms with Crippen molar-refractivity contribution >= 4 is 11.6 Å². The number of nitrogens with one attached hydrogen (secondary N) is 1. The van der Waals surface area contributed by atoms with Crippen LogP contribution >= 0.6 is 0 Å². The van der Waals surface area contributed by atoms with Gasteiger partial charge < -0.3 is 10.2 Å². The van der Waals surface area contributed by atoms with Crippen LogP contribution in [0.3, 0.4) is 0 Å². The average molecular weight is 405 g/mol. The van der Waals surface area contributed by atoms with Crippen LogP contribution in [0.4, 0.5) is 18.9 Å². The molecule has 1 N–H and O–H groups in total. The van der Waals surface area contributed by atoms with E-state index in [0.717, 1.165) is 37.7 Å². The van der Waals surface area contributed by atoms with Crippen molar-refractivity contribution in [3.05, 3.63) is 65.7 Å². The monoisotopic (exact) mass is 405 g/mol. The molecule has 156 valence electrons. The lowest BCUT2D eigenvalue weighted by molar-refractivity contribution is -0.137. The smallest absolute Gasteiger partial charge is 0.365 e. The van der Waals surface area contributed by atoms with E-state index in [1.807, 2.05) is 42.3 Å². The van der Waals surface area contributed by atoms with Crippen LogP contribution in [0.15, 0.2) is 54.6 Å². The number of likely N-dealkylation sites (N-methyl/N-ethyl adjacent to an activating group) is 1. The van der Waals surface area contributed by atoms with E-state index in [2.05, 4.69) is 10.2 Å². The maximum atomic E-state index is 12.9. The standard InChI is InChI=1S/C22H26F3N3O/c1-27(20-8-3-2-4-9-20)16-21(29)26-19-10-12-28(13-11-19)15-17-6-5-7-18(14-17)22(23,24)25/h2-9,14,19H,10-13,15-16H2,1H3,(H,26,29). The van der Waals surface area contributed by atoms with Crippen LogP contribution < -0.4 is 10.2 Å². The molecule has 4 nitrogen and oxygen atoms in total. The summed E-state index contributed by atoms with van der Waals surface area (Å²) >= 11 is 0. The predicted octanol–water partition coefficient (Wildman–Crippen LogP) is 3.92. The molecule has 0 aromatic heterocycles. The molecule has 1 aliphatic heterocycles. The third kappa shape index (κ3) is 6.22. The van der Waals surface area contributed by atoms with Gasteiger partial charge in [0.25, 0.3) is 0 Å². The molecular weight excluding hydrogens is 379 g/mol. The Kier molecular flexibility index (Phi) is 6.79. The number of amides is 1. The van der Waals surface area contributed by atoms with Crippen LogP contribution in [0.25, 0.3) is 0 Å². The van der Waals surface area contributed by atoms with Gasteiger partial charge in [-0.1, -0.05) is 36.4 Å². The van der Waals surface area contributed by atoms with Gasteiger partial charge in [0.2, 0.25) is 5.91 Å². The zero-order valence-corrected chi connectivity index (χ0v) is 16.5. The Hall–Kier alpha value is -2.54. The summed E-state index contributed by atoms with van der Waals surface area (Å²) in [5.74, 6) is -0.0207. The third-order valence-corrected chi connectivity index (χ3v) is 5.19. The number of piperidine rings is 1. The highest BCUT2D eigenvalue weighted by Crippen LogP contribution is 2.30. The lowest BCUT2D eigenvalue weighted by atomic mass is 10.0. The molecule has 0 spiro atoms. The molecule has 1 heterocycles. The maximum Gasteiger partial charge on any atom is 0.416 e. The zero-order chi connectivity index (χ0) is 20.9. The van der Waals surface area contributed by atoms with Crippen molar-refractivity contribution < 1.29 is 18.0 Å². The highest BCUT2D eigenvalue weighted by atomic mass is 19.4. The molecule has 0 radical (unpaired) electrons. The minimum atomic E-state index is -4.32. The Balaban J connectivity index is 1.44. The fourth-order valence-electron chi connectivity index (χ4n) is 3.60. The molecule has 29 heavy (non-hydrogen) atoms. The largest absolute Gasteiger partial charge is 0.416 e. The number of carbonyl (C=O) groups is 1. The fraction of sp³-hybridized carbons (Fsp3) is 0.409. The number of benzene rings is 2. The van der Waals surface area contributed by atoms with Crippen molar-refractivity contribution in [1.82, 2.24) is 10.2 Å². The first-order valence-corrected chi connectivity index (χ1v) is 9.75. The van der Waals surface area contributed by atoms with Gasteiger partial charge in [0, 0.05) is 38.4 Å². The summed E-state index contributed by atoms with van der Waals surface area (Å²) in [6, 6.07) is 15.3. The normalized spacial score (nSPS) is 15.9. The Morgan fingerprint density at radius 1 is 1.10 bits per heavy atom. The molecule has 0 saturated carbocycles. The molecular formula is C22H26F3N3O. The van der Waals surface area contributed by atoms with Crippen molar-refractivity contribution in [1.29, 1.82) is 0 Å². The van der Waals surface area contributed by atoms with Gasteiger partial charge in [-0.2, -0.15) is 13.2 Å². The first-order valence-electron chi connectivity index (χ1n) is 9.75. The van der Waals surface area contributed by atoms with Gasteiger partial charge in [0.1, 0.15) is 0 Å². The summed E-state index contributed by atoms with van der Waals surface area (Å²) in [4.78, 5) is 16.4. The van der Waals surface area contributed by atoms with Crippen LogP contribution in [0.5, 0.6) is 0 Å². The zero-order valence-electron chi connectivity index (χ0n) is 16.5. The second-order valence-electron chi connectivity index (χ2n) is 7.51. The van der Waals surface area contributed by atoms with E-state index in [-0.39, 0.29) is 18.5 Å². The number of hydrogen-bond donors (Lipinski definition) is 1. The van der Waals surface area contributed by atoms with E-state index in [4.69, 9.17) is 0 Å². The molecule has 1 saturated heterocycles. The maximum absolute atomic E-state index is 12.9. The summed E-state index contributed by atoms with van der Waals surface area (Å²) in [5.41, 5.74) is 1.03. The number of para-hydroxylation sites is 1. The van der Waals surface area contributed by atoms with Crippen LogP contribution in [-0.4, -0.2) is 43.5 Å². The third-order valence-electron chi connectivity index (χ3n) is 5.19. The molecule has 3 rings (SSSR count). The van der Waals surface area contributed by atoms with E-state index in [1.54, 1.807) is 6.07 Å². The molecule has 7 heteroatoms. The lowest BCUT2D eigenvalue weighted by Gasteiger charge is -2.33. The Morgan fingerprint density at radius 3 is 2.45 bits per heavy atom. The molecule has 0 bridgehead atoms. The summed E-state index contributed by atoms with van der Waals surface area (Å²) < 4.78 is 38.6. The topological polar surface area (TPSA) is 35.6 Å². The SMILES string of the molecule is CN(CC(=O)NC1CCN(Cc2cccc(C(F)(F)F)c2)CC1)c1ccccc1. The van der Waals surface area contributed by atoms with Crippen LogP contribution in [0, 0.1) is 0 Å². The Morgan fingerprint density at radius 2 is 1.79 bits per heavy atom. The molecule has 0 aliphatic carbocycles. The number of anilines is 1. The predicted molar refractivity (Wildman–Crippen MR) is 108 cm³/mol. The van der Waals surface area contributed by atoms with Gasteiger partial charge in [-0.05, 0) is 36.6 Å². The van der Waals surface area contributed by atoms with Gasteiger partial charge in [0.15, 0.2) is 0 Å². The lowest BCUT2D eigenvalue weighted by Crippen LogP contribution is -2.46. The summed E-state index contributed by atoms with van der Waals surface area (Å²) in [7, 11) is 1.88. The summed E-state index contributed by atoms with van der Waals surface area (Å²) in [5, 5.41) is 3.08. The van der Waals surface area contributed by atoms with Crippen molar-refractivity contribution in [3.63, 3.8) is 0 Å². The fourth-order valence-corrected chi connectivity index (χ4v) is 3.60. The minimum absolute atomic E-state index is 0.0207. The van der Waals surface area contributed by atoms with Crippen LogP contribution in [0.1, 0.15) is 24.0 Å². The van der Waals surface area contributed by atoms with Gasteiger partial charge in [0.05, 0.1) is 12.1 Å². The van der Waals surface area contributed by atoms with Crippen LogP contribution in [-0.2, 0) is 17.5 Å². The Bertz CT molecular complexity index is 802. The summed E-state index contributed by atoms with van der Waals surface area (Å²) in [6.07, 6.45) is -2.74. The molecule has 1 fully saturated rings. The minimum Gasteiger partial charge on any atom is -0.365 e. The van der Waals surface area contributed by atoms with E-state index in [9.17, 15) is 18.0 Å². The van der Waals surface area contributed by atoms with Crippen molar-refractivity contribution in [3.8, 4) is 0 Å². The average Bonchev–Trinajstić information content (AvgIpc) is 2.69. The van der Waals surface area contributed by atoms with Gasteiger partial charge >= 0.3 is 6.18 Å². The second kappa shape index (κ2) is 9.31. The van der Waals surface area contributed by atoms with Crippen molar-refractivity contribution in [2.24, 2.45) is 0 Å². The number of nitrogens with zero attached hydrogens (tertiary/aromatic N) is 2. The molecule has 2 aromatic carbocycles. The number of rotatable bonds is 6. The molecule has 2 aromatic rings. The molecule has 0 unspecified atom stereocenters. The highest BCUT2D eigenvalue weighted by molar-refractivity contribution is 5.81. The number of likely N-dealkylation sites (tertiary alicyclic amines) is 1. The quantitative estimate of drug-likeness (QED) is 0.791. The number of hydrogen-bond acceptors (Lipinski definition) is 3. The van der Waals surface area contributed by atoms with Gasteiger partial charge in [-0.3, -0.25) is 9.69 Å². The van der Waals surface area contributed by atoms with Gasteiger partial charge in [-0.15, -0.1) is 0 Å². The number of alkyl halides is 3. The highest BCUT2D eigenvalue weighted by Gasteiger charge is 2.30. The number of halogens is 3. The summed E-state index contributed by atoms with van der Waals surface area (Å²) in [6.45, 7) is 2.27. The number of carbonyl (C=O) groups excluding carboxylic acids is 1. The first kappa shape index (κ1) is 21.2. The molecule has 0 atom stereocenters. The molecule has 1 aliphatic rings. The van der Waals surface area contributed by atoms with Crippen LogP contribution in [0.2, 0.25) is 0 Å².